The van der Waals surface area contributed by atoms with E-state index in [0.717, 1.165) is 0 Å². The maximum Gasteiger partial charge on any atom is 0.341 e. The number of furan rings is 1. The van der Waals surface area contributed by atoms with E-state index in [0.29, 0.717) is 9.86 Å². The summed E-state index contributed by atoms with van der Waals surface area (Å²) in [5.41, 5.74) is 0.270. The number of hydrogen-bond acceptors (Lipinski definition) is 3. The standard InChI is InChI=1S/C10H6BrFO3/c1-14-10(13)7-4-15-9-6(7)2-5(11)3-8(9)12/h2-4H,1H3. The second kappa shape index (κ2) is 3.66. The van der Waals surface area contributed by atoms with Gasteiger partial charge in [0.25, 0.3) is 0 Å². The van der Waals surface area contributed by atoms with Crippen LogP contribution in [-0.4, -0.2) is 13.1 Å². The number of halogens is 2. The number of rotatable bonds is 1. The molecule has 0 unspecified atom stereocenters. The molecular weight excluding hydrogens is 267 g/mol. The van der Waals surface area contributed by atoms with Gasteiger partial charge in [-0.3, -0.25) is 0 Å². The molecule has 1 heterocycles. The SMILES string of the molecule is COC(=O)c1coc2c(F)cc(Br)cc12. The van der Waals surface area contributed by atoms with Gasteiger partial charge < -0.3 is 9.15 Å². The highest BCUT2D eigenvalue weighted by atomic mass is 79.9. The van der Waals surface area contributed by atoms with Gasteiger partial charge in [0.05, 0.1) is 7.11 Å². The summed E-state index contributed by atoms with van der Waals surface area (Å²) < 4.78 is 23.4. The highest BCUT2D eigenvalue weighted by molar-refractivity contribution is 9.10. The topological polar surface area (TPSA) is 39.4 Å². The lowest BCUT2D eigenvalue weighted by molar-refractivity contribution is 0.0602. The van der Waals surface area contributed by atoms with Crippen molar-refractivity contribution >= 4 is 32.9 Å². The summed E-state index contributed by atoms with van der Waals surface area (Å²) in [7, 11) is 1.26. The van der Waals surface area contributed by atoms with Gasteiger partial charge in [-0.2, -0.15) is 0 Å². The molecule has 0 saturated heterocycles. The minimum Gasteiger partial charge on any atom is -0.465 e. The molecule has 0 amide bonds. The highest BCUT2D eigenvalue weighted by Gasteiger charge is 2.17. The molecule has 15 heavy (non-hydrogen) atoms. The van der Waals surface area contributed by atoms with Crippen LogP contribution in [0.2, 0.25) is 0 Å². The van der Waals surface area contributed by atoms with Gasteiger partial charge in [0.2, 0.25) is 0 Å². The molecule has 0 aliphatic carbocycles. The number of benzene rings is 1. The van der Waals surface area contributed by atoms with Gasteiger partial charge in [-0.15, -0.1) is 0 Å². The molecule has 0 saturated carbocycles. The second-order valence-electron chi connectivity index (χ2n) is 2.91. The zero-order chi connectivity index (χ0) is 11.0. The van der Waals surface area contributed by atoms with Crippen molar-refractivity contribution in [3.63, 3.8) is 0 Å². The fourth-order valence-electron chi connectivity index (χ4n) is 1.33. The summed E-state index contributed by atoms with van der Waals surface area (Å²) in [5, 5.41) is 0.397. The predicted molar refractivity (Wildman–Crippen MR) is 55.2 cm³/mol. The first-order chi connectivity index (χ1) is 7.13. The molecule has 2 aromatic rings. The normalized spacial score (nSPS) is 10.6. The summed E-state index contributed by atoms with van der Waals surface area (Å²) in [6.07, 6.45) is 1.19. The van der Waals surface area contributed by atoms with Crippen molar-refractivity contribution in [1.82, 2.24) is 0 Å². The molecule has 0 aliphatic rings. The zero-order valence-electron chi connectivity index (χ0n) is 7.71. The number of carbonyl (C=O) groups excluding carboxylic acids is 1. The third-order valence-electron chi connectivity index (χ3n) is 2.00. The lowest BCUT2D eigenvalue weighted by atomic mass is 10.2. The average Bonchev–Trinajstić information content (AvgIpc) is 2.60. The fraction of sp³-hybridized carbons (Fsp3) is 0.100. The number of carbonyl (C=O) groups is 1. The van der Waals surface area contributed by atoms with Gasteiger partial charge in [0, 0.05) is 9.86 Å². The molecule has 0 atom stereocenters. The fourth-order valence-corrected chi connectivity index (χ4v) is 1.76. The number of hydrogen-bond donors (Lipinski definition) is 0. The van der Waals surface area contributed by atoms with E-state index in [1.165, 1.54) is 19.4 Å². The molecule has 0 aliphatic heterocycles. The summed E-state index contributed by atoms with van der Waals surface area (Å²) in [6.45, 7) is 0. The summed E-state index contributed by atoms with van der Waals surface area (Å²) >= 11 is 3.14. The lowest BCUT2D eigenvalue weighted by Crippen LogP contribution is -1.99. The number of ether oxygens (including phenoxy) is 1. The summed E-state index contributed by atoms with van der Waals surface area (Å²) in [5.74, 6) is -1.07. The molecule has 0 bridgehead atoms. The van der Waals surface area contributed by atoms with Gasteiger partial charge in [-0.05, 0) is 12.1 Å². The van der Waals surface area contributed by atoms with Crippen molar-refractivity contribution < 1.29 is 18.3 Å². The van der Waals surface area contributed by atoms with Crippen LogP contribution in [0, 0.1) is 5.82 Å². The van der Waals surface area contributed by atoms with Crippen LogP contribution in [0.1, 0.15) is 10.4 Å². The van der Waals surface area contributed by atoms with E-state index in [4.69, 9.17) is 4.42 Å². The maximum absolute atomic E-state index is 13.4. The van der Waals surface area contributed by atoms with Gasteiger partial charge in [-0.1, -0.05) is 15.9 Å². The van der Waals surface area contributed by atoms with Crippen molar-refractivity contribution in [2.75, 3.05) is 7.11 Å². The Morgan fingerprint density at radius 2 is 2.27 bits per heavy atom. The van der Waals surface area contributed by atoms with Crippen LogP contribution in [0.3, 0.4) is 0 Å². The molecular formula is C10H6BrFO3. The smallest absolute Gasteiger partial charge is 0.341 e. The number of esters is 1. The molecule has 0 fully saturated rings. The molecule has 0 radical (unpaired) electrons. The number of fused-ring (bicyclic) bond motifs is 1. The van der Waals surface area contributed by atoms with Crippen LogP contribution < -0.4 is 0 Å². The first kappa shape index (κ1) is 10.2. The lowest BCUT2D eigenvalue weighted by Gasteiger charge is -1.96. The molecule has 5 heteroatoms. The van der Waals surface area contributed by atoms with Gasteiger partial charge in [0.1, 0.15) is 11.8 Å². The Bertz CT molecular complexity index is 533. The molecule has 0 N–H and O–H groups in total. The molecule has 78 valence electrons. The van der Waals surface area contributed by atoms with Crippen LogP contribution in [0.15, 0.2) is 27.3 Å². The predicted octanol–water partition coefficient (Wildman–Crippen LogP) is 3.12. The van der Waals surface area contributed by atoms with Crippen molar-refractivity contribution in [2.45, 2.75) is 0 Å². The van der Waals surface area contributed by atoms with Crippen LogP contribution in [-0.2, 0) is 4.74 Å². The first-order valence-corrected chi connectivity index (χ1v) is 4.87. The second-order valence-corrected chi connectivity index (χ2v) is 3.82. The zero-order valence-corrected chi connectivity index (χ0v) is 9.30. The Hall–Kier alpha value is -1.36. The quantitative estimate of drug-likeness (QED) is 0.749. The molecule has 2 rings (SSSR count). The van der Waals surface area contributed by atoms with Crippen molar-refractivity contribution in [2.24, 2.45) is 0 Å². The van der Waals surface area contributed by atoms with Crippen molar-refractivity contribution in [3.05, 3.63) is 34.2 Å². The maximum atomic E-state index is 13.4. The average molecular weight is 273 g/mol. The molecule has 3 nitrogen and oxygen atoms in total. The highest BCUT2D eigenvalue weighted by Crippen LogP contribution is 2.28. The van der Waals surface area contributed by atoms with Crippen LogP contribution in [0.5, 0.6) is 0 Å². The van der Waals surface area contributed by atoms with E-state index < -0.39 is 11.8 Å². The summed E-state index contributed by atoms with van der Waals surface area (Å²) in [4.78, 5) is 11.3. The third kappa shape index (κ3) is 1.63. The largest absolute Gasteiger partial charge is 0.465 e. The molecule has 1 aromatic carbocycles. The monoisotopic (exact) mass is 272 g/mol. The van der Waals surface area contributed by atoms with Gasteiger partial charge in [-0.25, -0.2) is 9.18 Å². The minimum atomic E-state index is -0.550. The van der Waals surface area contributed by atoms with Crippen molar-refractivity contribution in [1.29, 1.82) is 0 Å². The Morgan fingerprint density at radius 3 is 2.93 bits per heavy atom. The van der Waals surface area contributed by atoms with Crippen LogP contribution >= 0.6 is 15.9 Å². The van der Waals surface area contributed by atoms with Gasteiger partial charge >= 0.3 is 5.97 Å². The van der Waals surface area contributed by atoms with Crippen molar-refractivity contribution in [3.8, 4) is 0 Å². The Morgan fingerprint density at radius 1 is 1.53 bits per heavy atom. The van der Waals surface area contributed by atoms with Gasteiger partial charge in [0.15, 0.2) is 11.4 Å². The molecule has 0 spiro atoms. The Kier molecular flexibility index (Phi) is 2.48. The molecule has 1 aromatic heterocycles. The van der Waals surface area contributed by atoms with E-state index >= 15 is 0 Å². The van der Waals surface area contributed by atoms with Crippen LogP contribution in [0.4, 0.5) is 4.39 Å². The Labute approximate surface area is 92.9 Å². The first-order valence-electron chi connectivity index (χ1n) is 4.08. The Balaban J connectivity index is 2.74. The number of methoxy groups -OCH3 is 1. The van der Waals surface area contributed by atoms with E-state index in [-0.39, 0.29) is 11.1 Å². The van der Waals surface area contributed by atoms with Crippen LogP contribution in [0.25, 0.3) is 11.0 Å². The van der Waals surface area contributed by atoms with E-state index in [1.807, 2.05) is 0 Å². The third-order valence-corrected chi connectivity index (χ3v) is 2.46. The summed E-state index contributed by atoms with van der Waals surface area (Å²) in [6, 6.07) is 2.88. The minimum absolute atomic E-state index is 0.0543. The van der Waals surface area contributed by atoms with E-state index in [2.05, 4.69) is 20.7 Å². The van der Waals surface area contributed by atoms with E-state index in [9.17, 15) is 9.18 Å². The van der Waals surface area contributed by atoms with E-state index in [1.54, 1.807) is 6.07 Å².